The first-order valence-corrected chi connectivity index (χ1v) is 17.0. The quantitative estimate of drug-likeness (QED) is 0.357. The molecule has 6 rings (SSSR count). The molecule has 10 nitrogen and oxygen atoms in total. The third-order valence-electron chi connectivity index (χ3n) is 10.5. The molecule has 2 aromatic carbocycles. The molecule has 10 heteroatoms. The number of nitrogens with zero attached hydrogens (tertiary/aromatic N) is 2. The van der Waals surface area contributed by atoms with Gasteiger partial charge in [-0.1, -0.05) is 87.0 Å². The van der Waals surface area contributed by atoms with Gasteiger partial charge in [0.1, 0.15) is 18.2 Å². The molecule has 8 atom stereocenters. The van der Waals surface area contributed by atoms with Crippen LogP contribution in [-0.2, 0) is 28.7 Å². The molecule has 0 bridgehead atoms. The average Bonchev–Trinajstić information content (AvgIpc) is 3.47. The fourth-order valence-corrected chi connectivity index (χ4v) is 7.78. The Morgan fingerprint density at radius 3 is 2.54 bits per heavy atom. The van der Waals surface area contributed by atoms with Crippen molar-refractivity contribution in [1.82, 2.24) is 10.2 Å². The Morgan fingerprint density at radius 2 is 1.81 bits per heavy atom. The number of esters is 1. The van der Waals surface area contributed by atoms with E-state index in [-0.39, 0.29) is 44.0 Å². The van der Waals surface area contributed by atoms with E-state index in [0.29, 0.717) is 12.8 Å². The second kappa shape index (κ2) is 13.7. The van der Waals surface area contributed by atoms with Crippen molar-refractivity contribution >= 4 is 29.4 Å². The molecule has 4 heterocycles. The topological polar surface area (TPSA) is 125 Å². The van der Waals surface area contributed by atoms with Crippen LogP contribution in [0.4, 0.5) is 5.69 Å². The van der Waals surface area contributed by atoms with Gasteiger partial charge in [-0.25, -0.2) is 0 Å². The third kappa shape index (κ3) is 5.85. The highest BCUT2D eigenvalue weighted by Gasteiger charge is 2.72. The normalized spacial score (nSPS) is 31.0. The number of hydrogen-bond donors (Lipinski definition) is 2. The number of fused-ring (bicyclic) bond motifs is 2. The van der Waals surface area contributed by atoms with E-state index in [2.05, 4.69) is 5.32 Å². The molecule has 48 heavy (non-hydrogen) atoms. The van der Waals surface area contributed by atoms with E-state index < -0.39 is 53.5 Å². The van der Waals surface area contributed by atoms with Gasteiger partial charge in [0.2, 0.25) is 11.8 Å². The van der Waals surface area contributed by atoms with Crippen LogP contribution < -0.4 is 10.2 Å². The van der Waals surface area contributed by atoms with E-state index >= 15 is 0 Å². The SMILES string of the molecule is CC[C@H](C)[C@H](CO)N1C(=O)[C@@H]2[C@H]3C(=O)N[C@H](c4ccccc4)COC(=O)CC/C=C\[C@H]3O[C@@]23C=CCN(c2cc(C)ccc2C)C(=O)[C@@H]13. The Bertz CT molecular complexity index is 1620. The molecular weight excluding hydrogens is 610 g/mol. The number of aryl methyl sites for hydroxylation is 2. The van der Waals surface area contributed by atoms with Gasteiger partial charge in [0.05, 0.1) is 36.6 Å². The fourth-order valence-electron chi connectivity index (χ4n) is 7.78. The predicted molar refractivity (Wildman–Crippen MR) is 180 cm³/mol. The number of hydrogen-bond acceptors (Lipinski definition) is 7. The lowest BCUT2D eigenvalue weighted by Crippen LogP contribution is -2.59. The summed E-state index contributed by atoms with van der Waals surface area (Å²) in [6, 6.07) is 12.7. The number of nitrogens with one attached hydrogen (secondary N) is 1. The predicted octanol–water partition coefficient (Wildman–Crippen LogP) is 3.94. The van der Waals surface area contributed by atoms with Crippen molar-refractivity contribution in [3.63, 3.8) is 0 Å². The van der Waals surface area contributed by atoms with Crippen molar-refractivity contribution in [2.75, 3.05) is 24.7 Å². The number of carbonyl (C=O) groups excluding carboxylic acids is 4. The summed E-state index contributed by atoms with van der Waals surface area (Å²) in [6.45, 7) is 7.68. The van der Waals surface area contributed by atoms with Crippen molar-refractivity contribution in [2.24, 2.45) is 17.8 Å². The number of anilines is 1. The van der Waals surface area contributed by atoms with Crippen LogP contribution in [0.1, 0.15) is 55.8 Å². The molecule has 0 radical (unpaired) electrons. The van der Waals surface area contributed by atoms with Crippen molar-refractivity contribution in [3.05, 3.63) is 89.5 Å². The summed E-state index contributed by atoms with van der Waals surface area (Å²) < 4.78 is 12.4. The van der Waals surface area contributed by atoms with Crippen molar-refractivity contribution < 1.29 is 33.8 Å². The molecule has 0 aliphatic carbocycles. The number of amides is 3. The molecule has 4 aliphatic rings. The zero-order valence-electron chi connectivity index (χ0n) is 28.0. The van der Waals surface area contributed by atoms with Crippen LogP contribution in [0.3, 0.4) is 0 Å². The fraction of sp³-hybridized carbons (Fsp3) is 0.474. The Morgan fingerprint density at radius 1 is 1.04 bits per heavy atom. The van der Waals surface area contributed by atoms with Gasteiger partial charge in [-0.15, -0.1) is 0 Å². The second-order valence-corrected chi connectivity index (χ2v) is 13.5. The van der Waals surface area contributed by atoms with Gasteiger partial charge in [-0.05, 0) is 48.9 Å². The van der Waals surface area contributed by atoms with Crippen LogP contribution >= 0.6 is 0 Å². The highest BCUT2D eigenvalue weighted by molar-refractivity contribution is 6.06. The van der Waals surface area contributed by atoms with Gasteiger partial charge in [-0.3, -0.25) is 19.2 Å². The summed E-state index contributed by atoms with van der Waals surface area (Å²) in [5, 5.41) is 13.8. The van der Waals surface area contributed by atoms with E-state index in [4.69, 9.17) is 9.47 Å². The lowest BCUT2D eigenvalue weighted by Gasteiger charge is -2.40. The molecule has 2 aromatic rings. The smallest absolute Gasteiger partial charge is 0.306 e. The van der Waals surface area contributed by atoms with E-state index in [1.54, 1.807) is 17.1 Å². The monoisotopic (exact) mass is 655 g/mol. The Balaban J connectivity index is 1.48. The molecule has 2 saturated heterocycles. The van der Waals surface area contributed by atoms with Gasteiger partial charge in [0, 0.05) is 18.7 Å². The maximum Gasteiger partial charge on any atom is 0.306 e. The molecule has 254 valence electrons. The van der Waals surface area contributed by atoms with Crippen LogP contribution in [0, 0.1) is 31.6 Å². The maximum absolute atomic E-state index is 15.0. The highest BCUT2D eigenvalue weighted by atomic mass is 16.5. The summed E-state index contributed by atoms with van der Waals surface area (Å²) >= 11 is 0. The molecule has 4 aliphatic heterocycles. The van der Waals surface area contributed by atoms with E-state index in [0.717, 1.165) is 22.4 Å². The first-order valence-electron chi connectivity index (χ1n) is 17.0. The number of carbonyl (C=O) groups is 4. The largest absolute Gasteiger partial charge is 0.463 e. The minimum absolute atomic E-state index is 0.0706. The minimum atomic E-state index is -1.48. The number of cyclic esters (lactones) is 1. The van der Waals surface area contributed by atoms with Crippen LogP contribution in [-0.4, -0.2) is 77.2 Å². The van der Waals surface area contributed by atoms with Crippen molar-refractivity contribution in [3.8, 4) is 0 Å². The highest BCUT2D eigenvalue weighted by Crippen LogP contribution is 2.54. The van der Waals surface area contributed by atoms with Gasteiger partial charge >= 0.3 is 5.97 Å². The van der Waals surface area contributed by atoms with Gasteiger partial charge in [0.25, 0.3) is 5.91 Å². The summed E-state index contributed by atoms with van der Waals surface area (Å²) in [6.07, 6.45) is 7.49. The van der Waals surface area contributed by atoms with E-state index in [1.807, 2.05) is 88.4 Å². The third-order valence-corrected chi connectivity index (χ3v) is 10.5. The van der Waals surface area contributed by atoms with Crippen molar-refractivity contribution in [2.45, 2.75) is 76.8 Å². The Labute approximate surface area is 281 Å². The van der Waals surface area contributed by atoms with Crippen LogP contribution in [0.5, 0.6) is 0 Å². The molecule has 0 aromatic heterocycles. The van der Waals surface area contributed by atoms with Crippen LogP contribution in [0.25, 0.3) is 0 Å². The second-order valence-electron chi connectivity index (χ2n) is 13.5. The zero-order chi connectivity index (χ0) is 34.2. The number of aliphatic hydroxyl groups is 1. The number of benzene rings is 2. The number of aliphatic hydroxyl groups excluding tert-OH is 1. The first-order chi connectivity index (χ1) is 23.1. The lowest BCUT2D eigenvalue weighted by molar-refractivity contribution is -0.147. The minimum Gasteiger partial charge on any atom is -0.463 e. The van der Waals surface area contributed by atoms with E-state index in [9.17, 15) is 24.3 Å². The van der Waals surface area contributed by atoms with Crippen LogP contribution in [0.2, 0.25) is 0 Å². The summed E-state index contributed by atoms with van der Waals surface area (Å²) in [4.78, 5) is 60.1. The molecule has 3 amide bonds. The van der Waals surface area contributed by atoms with Gasteiger partial charge in [-0.2, -0.15) is 0 Å². The molecule has 0 saturated carbocycles. The van der Waals surface area contributed by atoms with Gasteiger partial charge in [0.15, 0.2) is 0 Å². The molecule has 2 N–H and O–H groups in total. The summed E-state index contributed by atoms with van der Waals surface area (Å²) in [5.74, 6) is -3.72. The summed E-state index contributed by atoms with van der Waals surface area (Å²) in [7, 11) is 0. The van der Waals surface area contributed by atoms with E-state index in [1.165, 1.54) is 4.90 Å². The standard InChI is InChI=1S/C38H45N3O7/c1-5-24(3)29(21-42)41-34-37(46)40(28-20-23(2)16-17-25(28)4)19-11-18-38(34)33(36(41)45)32-30(48-38)14-9-10-15-31(43)47-22-27(39-35(32)44)26-12-7-6-8-13-26/h6-9,11-14,16-18,20,24,27,29-30,32-34,42H,5,10,15,19,21-22H2,1-4H3,(H,39,44)/b14-9-/t24-,27-,29-,30+,32-,33-,34+,38-/m0/s1. The number of ether oxygens (including phenoxy) is 2. The Kier molecular flexibility index (Phi) is 9.58. The maximum atomic E-state index is 15.0. The molecule has 0 unspecified atom stereocenters. The van der Waals surface area contributed by atoms with Crippen molar-refractivity contribution in [1.29, 1.82) is 0 Å². The molecule has 1 spiro atoms. The van der Waals surface area contributed by atoms with Crippen LogP contribution in [0.15, 0.2) is 72.8 Å². The number of likely N-dealkylation sites (tertiary alicyclic amines) is 1. The average molecular weight is 656 g/mol. The first kappa shape index (κ1) is 33.6. The lowest BCUT2D eigenvalue weighted by atomic mass is 9.77. The number of allylic oxidation sites excluding steroid dienone is 1. The van der Waals surface area contributed by atoms with Gasteiger partial charge < -0.3 is 29.7 Å². The zero-order valence-corrected chi connectivity index (χ0v) is 28.0. The molecule has 2 fully saturated rings. The molecular formula is C38H45N3O7. The number of rotatable bonds is 6. The summed E-state index contributed by atoms with van der Waals surface area (Å²) in [5.41, 5.74) is 1.90. The Hall–Kier alpha value is -4.28.